The number of benzene rings is 2. The summed E-state index contributed by atoms with van der Waals surface area (Å²) in [6.45, 7) is 6.23. The number of rotatable bonds is 3. The van der Waals surface area contributed by atoms with Crippen molar-refractivity contribution < 1.29 is 0 Å². The normalized spacial score (nSPS) is 10.0. The second-order valence-electron chi connectivity index (χ2n) is 4.73. The Balaban J connectivity index is 2.37. The van der Waals surface area contributed by atoms with Crippen molar-refractivity contribution in [1.29, 1.82) is 5.26 Å². The molecule has 0 unspecified atom stereocenters. The van der Waals surface area contributed by atoms with Gasteiger partial charge in [0, 0.05) is 11.4 Å². The lowest BCUT2D eigenvalue weighted by molar-refractivity contribution is 1.13. The minimum atomic E-state index is 0.728. The van der Waals surface area contributed by atoms with Crippen LogP contribution in [-0.2, 0) is 6.42 Å². The maximum atomic E-state index is 8.95. The highest BCUT2D eigenvalue weighted by Crippen LogP contribution is 2.26. The molecule has 2 rings (SSSR count). The molecule has 0 saturated carbocycles. The van der Waals surface area contributed by atoms with Gasteiger partial charge in [0.15, 0.2) is 0 Å². The molecule has 0 saturated heterocycles. The second-order valence-corrected chi connectivity index (χ2v) is 4.73. The minimum absolute atomic E-state index is 0.728. The van der Waals surface area contributed by atoms with Crippen LogP contribution < -0.4 is 5.32 Å². The van der Waals surface area contributed by atoms with Crippen LogP contribution in [0.3, 0.4) is 0 Å². The molecule has 0 atom stereocenters. The number of nitrogens with zero attached hydrogens (tertiary/aromatic N) is 1. The van der Waals surface area contributed by atoms with Crippen molar-refractivity contribution in [1.82, 2.24) is 0 Å². The van der Waals surface area contributed by atoms with Gasteiger partial charge in [-0.1, -0.05) is 25.1 Å². The van der Waals surface area contributed by atoms with Gasteiger partial charge in [-0.3, -0.25) is 0 Å². The summed E-state index contributed by atoms with van der Waals surface area (Å²) < 4.78 is 0. The van der Waals surface area contributed by atoms with Crippen LogP contribution in [0.5, 0.6) is 0 Å². The monoisotopic (exact) mass is 250 g/mol. The molecular formula is C17H18N2. The van der Waals surface area contributed by atoms with E-state index >= 15 is 0 Å². The summed E-state index contributed by atoms with van der Waals surface area (Å²) in [5.74, 6) is 0. The summed E-state index contributed by atoms with van der Waals surface area (Å²) in [6, 6.07) is 14.4. The quantitative estimate of drug-likeness (QED) is 0.871. The van der Waals surface area contributed by atoms with Crippen LogP contribution in [0.1, 0.15) is 29.2 Å². The first-order valence-electron chi connectivity index (χ1n) is 6.52. The first-order chi connectivity index (χ1) is 9.15. The topological polar surface area (TPSA) is 35.8 Å². The number of para-hydroxylation sites is 1. The standard InChI is InChI=1S/C17H18N2/c1-4-14-7-5-6-12(2)17(14)19-16-9-8-15(11-18)13(3)10-16/h5-10,19H,4H2,1-3H3. The van der Waals surface area contributed by atoms with Gasteiger partial charge in [0.25, 0.3) is 0 Å². The minimum Gasteiger partial charge on any atom is -0.355 e. The molecule has 0 heterocycles. The maximum Gasteiger partial charge on any atom is 0.0994 e. The average molecular weight is 250 g/mol. The Morgan fingerprint density at radius 2 is 1.89 bits per heavy atom. The molecule has 0 aromatic heterocycles. The molecule has 0 amide bonds. The number of nitrogens with one attached hydrogen (secondary N) is 1. The Bertz CT molecular complexity index is 636. The molecule has 0 aliphatic heterocycles. The molecule has 1 N–H and O–H groups in total. The molecule has 19 heavy (non-hydrogen) atoms. The maximum absolute atomic E-state index is 8.95. The number of nitriles is 1. The first-order valence-corrected chi connectivity index (χ1v) is 6.52. The van der Waals surface area contributed by atoms with Gasteiger partial charge in [-0.2, -0.15) is 5.26 Å². The predicted molar refractivity (Wildman–Crippen MR) is 79.7 cm³/mol. The second kappa shape index (κ2) is 5.58. The van der Waals surface area contributed by atoms with Crippen LogP contribution in [0.4, 0.5) is 11.4 Å². The van der Waals surface area contributed by atoms with E-state index in [2.05, 4.69) is 43.4 Å². The Hall–Kier alpha value is -2.27. The van der Waals surface area contributed by atoms with E-state index in [-0.39, 0.29) is 0 Å². The molecule has 2 heteroatoms. The fourth-order valence-electron chi connectivity index (χ4n) is 2.21. The van der Waals surface area contributed by atoms with Crippen LogP contribution in [0.2, 0.25) is 0 Å². The van der Waals surface area contributed by atoms with E-state index in [1.807, 2.05) is 25.1 Å². The Morgan fingerprint density at radius 1 is 1.11 bits per heavy atom. The van der Waals surface area contributed by atoms with Crippen LogP contribution >= 0.6 is 0 Å². The SMILES string of the molecule is CCc1cccc(C)c1Nc1ccc(C#N)c(C)c1. The van der Waals surface area contributed by atoms with E-state index in [1.54, 1.807) is 0 Å². The van der Waals surface area contributed by atoms with E-state index in [4.69, 9.17) is 5.26 Å². The van der Waals surface area contributed by atoms with Gasteiger partial charge in [0.2, 0.25) is 0 Å². The van der Waals surface area contributed by atoms with Gasteiger partial charge < -0.3 is 5.32 Å². The smallest absolute Gasteiger partial charge is 0.0994 e. The van der Waals surface area contributed by atoms with Crippen LogP contribution in [0.25, 0.3) is 0 Å². The van der Waals surface area contributed by atoms with Crippen LogP contribution in [0, 0.1) is 25.2 Å². The predicted octanol–water partition coefficient (Wildman–Crippen LogP) is 4.48. The number of hydrogen-bond acceptors (Lipinski definition) is 2. The van der Waals surface area contributed by atoms with E-state index in [1.165, 1.54) is 16.8 Å². The summed E-state index contributed by atoms with van der Waals surface area (Å²) >= 11 is 0. The fraction of sp³-hybridized carbons (Fsp3) is 0.235. The third-order valence-corrected chi connectivity index (χ3v) is 3.36. The molecule has 0 aliphatic carbocycles. The molecule has 2 aromatic carbocycles. The van der Waals surface area contributed by atoms with E-state index in [0.29, 0.717) is 0 Å². The molecule has 2 nitrogen and oxygen atoms in total. The van der Waals surface area contributed by atoms with Crippen LogP contribution in [0.15, 0.2) is 36.4 Å². The van der Waals surface area contributed by atoms with Gasteiger partial charge in [0.1, 0.15) is 0 Å². The van der Waals surface area contributed by atoms with Gasteiger partial charge in [-0.15, -0.1) is 0 Å². The fourth-order valence-corrected chi connectivity index (χ4v) is 2.21. The first kappa shape index (κ1) is 13.2. The lowest BCUT2D eigenvalue weighted by Crippen LogP contribution is -1.98. The highest BCUT2D eigenvalue weighted by Gasteiger charge is 2.05. The zero-order valence-electron chi connectivity index (χ0n) is 11.6. The molecule has 0 fully saturated rings. The molecule has 0 spiro atoms. The van der Waals surface area contributed by atoms with Crippen molar-refractivity contribution >= 4 is 11.4 Å². The number of hydrogen-bond donors (Lipinski definition) is 1. The molecular weight excluding hydrogens is 232 g/mol. The summed E-state index contributed by atoms with van der Waals surface area (Å²) in [4.78, 5) is 0. The van der Waals surface area contributed by atoms with Crippen LogP contribution in [-0.4, -0.2) is 0 Å². The molecule has 0 bridgehead atoms. The lowest BCUT2D eigenvalue weighted by atomic mass is 10.0. The number of aryl methyl sites for hydroxylation is 3. The van der Waals surface area contributed by atoms with E-state index in [0.717, 1.165) is 23.2 Å². The average Bonchev–Trinajstić information content (AvgIpc) is 2.41. The largest absolute Gasteiger partial charge is 0.355 e. The van der Waals surface area contributed by atoms with Crippen molar-refractivity contribution in [2.45, 2.75) is 27.2 Å². The zero-order valence-corrected chi connectivity index (χ0v) is 11.6. The van der Waals surface area contributed by atoms with E-state index < -0.39 is 0 Å². The van der Waals surface area contributed by atoms with Crippen molar-refractivity contribution in [2.24, 2.45) is 0 Å². The Morgan fingerprint density at radius 3 is 2.53 bits per heavy atom. The third kappa shape index (κ3) is 2.77. The Labute approximate surface area is 114 Å². The summed E-state index contributed by atoms with van der Waals surface area (Å²) in [6.07, 6.45) is 0.999. The third-order valence-electron chi connectivity index (χ3n) is 3.36. The summed E-state index contributed by atoms with van der Waals surface area (Å²) in [5, 5.41) is 12.4. The highest BCUT2D eigenvalue weighted by atomic mass is 14.9. The highest BCUT2D eigenvalue weighted by molar-refractivity contribution is 5.68. The summed E-state index contributed by atoms with van der Waals surface area (Å²) in [7, 11) is 0. The Kier molecular flexibility index (Phi) is 3.87. The lowest BCUT2D eigenvalue weighted by Gasteiger charge is -2.14. The van der Waals surface area contributed by atoms with Gasteiger partial charge in [0.05, 0.1) is 11.6 Å². The molecule has 2 aromatic rings. The molecule has 0 radical (unpaired) electrons. The van der Waals surface area contributed by atoms with Gasteiger partial charge in [-0.05, 0) is 55.2 Å². The molecule has 0 aliphatic rings. The van der Waals surface area contributed by atoms with Gasteiger partial charge in [-0.25, -0.2) is 0 Å². The zero-order chi connectivity index (χ0) is 13.8. The van der Waals surface area contributed by atoms with Crippen molar-refractivity contribution in [3.8, 4) is 6.07 Å². The van der Waals surface area contributed by atoms with Gasteiger partial charge >= 0.3 is 0 Å². The van der Waals surface area contributed by atoms with E-state index in [9.17, 15) is 0 Å². The number of anilines is 2. The van der Waals surface area contributed by atoms with Crippen molar-refractivity contribution in [3.05, 3.63) is 58.7 Å². The molecule has 96 valence electrons. The van der Waals surface area contributed by atoms with Crippen molar-refractivity contribution in [2.75, 3.05) is 5.32 Å². The summed E-state index contributed by atoms with van der Waals surface area (Å²) in [5.41, 5.74) is 6.48. The van der Waals surface area contributed by atoms with Crippen molar-refractivity contribution in [3.63, 3.8) is 0 Å².